The Bertz CT molecular complexity index is 271. The average molecular weight is 195 g/mol. The molecule has 0 spiro atoms. The van der Waals surface area contributed by atoms with Crippen LogP contribution in [0.4, 0.5) is 0 Å². The quantitative estimate of drug-likeness (QED) is 0.784. The van der Waals surface area contributed by atoms with Crippen molar-refractivity contribution in [2.24, 2.45) is 5.73 Å². The predicted octanol–water partition coefficient (Wildman–Crippen LogP) is 1.21. The van der Waals surface area contributed by atoms with Crippen LogP contribution in [-0.2, 0) is 4.74 Å². The van der Waals surface area contributed by atoms with Gasteiger partial charge in [0.2, 0.25) is 0 Å². The minimum absolute atomic E-state index is 0.101. The van der Waals surface area contributed by atoms with Crippen LogP contribution in [-0.4, -0.2) is 22.6 Å². The molecule has 1 aromatic heterocycles. The van der Waals surface area contributed by atoms with Crippen molar-refractivity contribution in [1.82, 2.24) is 9.97 Å². The highest BCUT2D eigenvalue weighted by molar-refractivity contribution is 5.09. The molecule has 0 aromatic carbocycles. The van der Waals surface area contributed by atoms with E-state index in [2.05, 4.69) is 9.97 Å². The van der Waals surface area contributed by atoms with Gasteiger partial charge in [-0.05, 0) is 20.8 Å². The summed E-state index contributed by atoms with van der Waals surface area (Å²) in [6.07, 6.45) is 3.59. The van der Waals surface area contributed by atoms with Crippen LogP contribution < -0.4 is 5.73 Å². The summed E-state index contributed by atoms with van der Waals surface area (Å²) >= 11 is 0. The van der Waals surface area contributed by atoms with E-state index >= 15 is 0 Å². The number of nitrogens with zero attached hydrogens (tertiary/aromatic N) is 2. The van der Waals surface area contributed by atoms with Crippen LogP contribution in [0.25, 0.3) is 0 Å². The lowest BCUT2D eigenvalue weighted by molar-refractivity contribution is 0.0116. The first-order chi connectivity index (χ1) is 6.63. The Kier molecular flexibility index (Phi) is 3.98. The molecule has 1 atom stereocenters. The largest absolute Gasteiger partial charge is 0.369 e. The van der Waals surface area contributed by atoms with Gasteiger partial charge in [-0.25, -0.2) is 9.97 Å². The van der Waals surface area contributed by atoms with Crippen molar-refractivity contribution in [3.05, 3.63) is 23.8 Å². The Morgan fingerprint density at radius 3 is 2.36 bits per heavy atom. The van der Waals surface area contributed by atoms with Crippen molar-refractivity contribution < 1.29 is 4.74 Å². The first-order valence-corrected chi connectivity index (χ1v) is 4.77. The van der Waals surface area contributed by atoms with Crippen molar-refractivity contribution in [2.75, 3.05) is 6.54 Å². The molecule has 0 fully saturated rings. The maximum Gasteiger partial charge on any atom is 0.125 e. The highest BCUT2D eigenvalue weighted by Gasteiger charge is 2.12. The van der Waals surface area contributed by atoms with Gasteiger partial charge in [-0.1, -0.05) is 0 Å². The molecule has 0 aliphatic carbocycles. The molecule has 0 aliphatic rings. The maximum absolute atomic E-state index is 5.62. The lowest BCUT2D eigenvalue weighted by atomic mass is 10.2. The average Bonchev–Trinajstić information content (AvgIpc) is 2.15. The topological polar surface area (TPSA) is 61.0 Å². The Balaban J connectivity index is 2.73. The predicted molar refractivity (Wildman–Crippen MR) is 54.8 cm³/mol. The molecular formula is C10H17N3O. The van der Waals surface area contributed by atoms with Crippen molar-refractivity contribution in [2.45, 2.75) is 33.0 Å². The van der Waals surface area contributed by atoms with Gasteiger partial charge >= 0.3 is 0 Å². The third-order valence-electron chi connectivity index (χ3n) is 1.82. The molecule has 0 aliphatic heterocycles. The first kappa shape index (κ1) is 11.1. The SMILES string of the molecule is Cc1ncc(C(CN)OC(C)C)cn1. The molecule has 1 heterocycles. The lowest BCUT2D eigenvalue weighted by Gasteiger charge is -2.18. The number of rotatable bonds is 4. The zero-order valence-electron chi connectivity index (χ0n) is 8.90. The van der Waals surface area contributed by atoms with E-state index in [1.165, 1.54) is 0 Å². The van der Waals surface area contributed by atoms with Crippen LogP contribution in [0, 0.1) is 6.92 Å². The zero-order valence-corrected chi connectivity index (χ0v) is 8.90. The highest BCUT2D eigenvalue weighted by Crippen LogP contribution is 2.15. The second-order valence-electron chi connectivity index (χ2n) is 3.47. The molecule has 0 saturated carbocycles. The van der Waals surface area contributed by atoms with Gasteiger partial charge in [0.05, 0.1) is 12.2 Å². The summed E-state index contributed by atoms with van der Waals surface area (Å²) in [6.45, 7) is 6.27. The summed E-state index contributed by atoms with van der Waals surface area (Å²) < 4.78 is 5.62. The van der Waals surface area contributed by atoms with E-state index in [4.69, 9.17) is 10.5 Å². The Hall–Kier alpha value is -1.00. The highest BCUT2D eigenvalue weighted by atomic mass is 16.5. The minimum Gasteiger partial charge on any atom is -0.369 e. The Morgan fingerprint density at radius 1 is 1.36 bits per heavy atom. The normalized spacial score (nSPS) is 13.2. The molecular weight excluding hydrogens is 178 g/mol. The Morgan fingerprint density at radius 2 is 1.93 bits per heavy atom. The number of aryl methyl sites for hydroxylation is 1. The van der Waals surface area contributed by atoms with Gasteiger partial charge in [0.15, 0.2) is 0 Å². The molecule has 0 radical (unpaired) electrons. The van der Waals surface area contributed by atoms with Crippen LogP contribution in [0.15, 0.2) is 12.4 Å². The molecule has 4 nitrogen and oxygen atoms in total. The van der Waals surface area contributed by atoms with Gasteiger partial charge in [0, 0.05) is 24.5 Å². The smallest absolute Gasteiger partial charge is 0.125 e. The summed E-state index contributed by atoms with van der Waals surface area (Å²) in [7, 11) is 0. The summed E-state index contributed by atoms with van der Waals surface area (Å²) in [5, 5.41) is 0. The fourth-order valence-electron chi connectivity index (χ4n) is 1.17. The first-order valence-electron chi connectivity index (χ1n) is 4.77. The molecule has 0 bridgehead atoms. The molecule has 0 amide bonds. The van der Waals surface area contributed by atoms with E-state index in [1.54, 1.807) is 12.4 Å². The van der Waals surface area contributed by atoms with Gasteiger partial charge in [0.1, 0.15) is 5.82 Å². The molecule has 2 N–H and O–H groups in total. The van der Waals surface area contributed by atoms with Crippen LogP contribution in [0.1, 0.15) is 31.3 Å². The fraction of sp³-hybridized carbons (Fsp3) is 0.600. The van der Waals surface area contributed by atoms with Crippen molar-refractivity contribution in [1.29, 1.82) is 0 Å². The van der Waals surface area contributed by atoms with Gasteiger partial charge < -0.3 is 10.5 Å². The van der Waals surface area contributed by atoms with Gasteiger partial charge in [-0.2, -0.15) is 0 Å². The van der Waals surface area contributed by atoms with Gasteiger partial charge in [-0.3, -0.25) is 0 Å². The lowest BCUT2D eigenvalue weighted by Crippen LogP contribution is -2.19. The van der Waals surface area contributed by atoms with E-state index in [9.17, 15) is 0 Å². The van der Waals surface area contributed by atoms with Crippen LogP contribution in [0.5, 0.6) is 0 Å². The summed E-state index contributed by atoms with van der Waals surface area (Å²) in [4.78, 5) is 8.22. The molecule has 1 unspecified atom stereocenters. The third kappa shape index (κ3) is 3.05. The fourth-order valence-corrected chi connectivity index (χ4v) is 1.17. The van der Waals surface area contributed by atoms with Crippen LogP contribution >= 0.6 is 0 Å². The second-order valence-corrected chi connectivity index (χ2v) is 3.47. The molecule has 4 heteroatoms. The third-order valence-corrected chi connectivity index (χ3v) is 1.82. The monoisotopic (exact) mass is 195 g/mol. The molecule has 1 aromatic rings. The second kappa shape index (κ2) is 5.02. The molecule has 14 heavy (non-hydrogen) atoms. The van der Waals surface area contributed by atoms with Crippen LogP contribution in [0.2, 0.25) is 0 Å². The van der Waals surface area contributed by atoms with Crippen molar-refractivity contribution in [3.63, 3.8) is 0 Å². The summed E-state index contributed by atoms with van der Waals surface area (Å²) in [5.74, 6) is 0.758. The van der Waals surface area contributed by atoms with E-state index in [0.29, 0.717) is 6.54 Å². The van der Waals surface area contributed by atoms with E-state index in [0.717, 1.165) is 11.4 Å². The number of hydrogen-bond acceptors (Lipinski definition) is 4. The minimum atomic E-state index is -0.101. The van der Waals surface area contributed by atoms with Crippen molar-refractivity contribution >= 4 is 0 Å². The number of aromatic nitrogens is 2. The summed E-state index contributed by atoms with van der Waals surface area (Å²) in [5.41, 5.74) is 6.55. The van der Waals surface area contributed by atoms with Gasteiger partial charge in [-0.15, -0.1) is 0 Å². The van der Waals surface area contributed by atoms with E-state index in [-0.39, 0.29) is 12.2 Å². The maximum atomic E-state index is 5.62. The molecule has 0 saturated heterocycles. The zero-order chi connectivity index (χ0) is 10.6. The number of hydrogen-bond donors (Lipinski definition) is 1. The number of nitrogens with two attached hydrogens (primary N) is 1. The molecule has 78 valence electrons. The standard InChI is InChI=1S/C10H17N3O/c1-7(2)14-10(4-11)9-5-12-8(3)13-6-9/h5-7,10H,4,11H2,1-3H3. The summed E-state index contributed by atoms with van der Waals surface area (Å²) in [6, 6.07) is 0. The van der Waals surface area contributed by atoms with E-state index in [1.807, 2.05) is 20.8 Å². The molecule has 1 rings (SSSR count). The van der Waals surface area contributed by atoms with E-state index < -0.39 is 0 Å². The number of ether oxygens (including phenoxy) is 1. The van der Waals surface area contributed by atoms with Crippen molar-refractivity contribution in [3.8, 4) is 0 Å². The van der Waals surface area contributed by atoms with Gasteiger partial charge in [0.25, 0.3) is 0 Å². The Labute approximate surface area is 84.5 Å². The van der Waals surface area contributed by atoms with Crippen LogP contribution in [0.3, 0.4) is 0 Å².